The molecule has 17 heavy (non-hydrogen) atoms. The summed E-state index contributed by atoms with van der Waals surface area (Å²) >= 11 is 0. The predicted molar refractivity (Wildman–Crippen MR) is 68.7 cm³/mol. The van der Waals surface area contributed by atoms with E-state index < -0.39 is 0 Å². The van der Waals surface area contributed by atoms with Crippen LogP contribution in [-0.2, 0) is 4.79 Å². The molecule has 3 nitrogen and oxygen atoms in total. The number of carbonyl (C=O) groups excluding carboxylic acids is 1. The van der Waals surface area contributed by atoms with Gasteiger partial charge in [0, 0.05) is 0 Å². The molecule has 0 saturated heterocycles. The molecule has 1 rings (SSSR count). The first-order valence-electron chi connectivity index (χ1n) is 6.02. The molecule has 0 saturated carbocycles. The van der Waals surface area contributed by atoms with Crippen LogP contribution in [-0.4, -0.2) is 23.7 Å². The molecule has 0 heterocycles. The van der Waals surface area contributed by atoms with Crippen molar-refractivity contribution in [3.63, 3.8) is 0 Å². The molecule has 94 valence electrons. The van der Waals surface area contributed by atoms with E-state index >= 15 is 0 Å². The van der Waals surface area contributed by atoms with Gasteiger partial charge in [-0.15, -0.1) is 0 Å². The maximum absolute atomic E-state index is 12.0. The van der Waals surface area contributed by atoms with Gasteiger partial charge in [-0.3, -0.25) is 4.79 Å². The lowest BCUT2D eigenvalue weighted by molar-refractivity contribution is -0.123. The molecule has 2 unspecified atom stereocenters. The molecule has 0 aliphatic heterocycles. The monoisotopic (exact) mass is 235 g/mol. The van der Waals surface area contributed by atoms with E-state index in [0.29, 0.717) is 0 Å². The Balaban J connectivity index is 2.64. The van der Waals surface area contributed by atoms with E-state index in [2.05, 4.69) is 5.32 Å². The average molecular weight is 235 g/mol. The highest BCUT2D eigenvalue weighted by Gasteiger charge is 2.20. The van der Waals surface area contributed by atoms with Crippen molar-refractivity contribution < 1.29 is 9.90 Å². The Kier molecular flexibility index (Phi) is 5.16. The SMILES string of the molecule is CC(C(=O)NC(CO)C(C)C)c1ccccc1. The molecule has 1 aromatic carbocycles. The molecule has 1 aromatic rings. The number of nitrogens with one attached hydrogen (secondary N) is 1. The van der Waals surface area contributed by atoms with Gasteiger partial charge in [-0.2, -0.15) is 0 Å². The van der Waals surface area contributed by atoms with Crippen molar-refractivity contribution in [1.29, 1.82) is 0 Å². The van der Waals surface area contributed by atoms with Crippen molar-refractivity contribution >= 4 is 5.91 Å². The molecular formula is C14H21NO2. The van der Waals surface area contributed by atoms with Crippen molar-refractivity contribution in [3.05, 3.63) is 35.9 Å². The summed E-state index contributed by atoms with van der Waals surface area (Å²) < 4.78 is 0. The fraction of sp³-hybridized carbons (Fsp3) is 0.500. The van der Waals surface area contributed by atoms with Crippen LogP contribution in [0.1, 0.15) is 32.3 Å². The Labute approximate surface area is 103 Å². The summed E-state index contributed by atoms with van der Waals surface area (Å²) in [6.45, 7) is 5.81. The van der Waals surface area contributed by atoms with Gasteiger partial charge in [0.05, 0.1) is 18.6 Å². The maximum atomic E-state index is 12.0. The fourth-order valence-electron chi connectivity index (χ4n) is 1.62. The van der Waals surface area contributed by atoms with Crippen LogP contribution >= 0.6 is 0 Å². The summed E-state index contributed by atoms with van der Waals surface area (Å²) in [5.74, 6) is -0.000117. The second-order valence-electron chi connectivity index (χ2n) is 4.67. The van der Waals surface area contributed by atoms with Crippen LogP contribution in [0.25, 0.3) is 0 Å². The fourth-order valence-corrected chi connectivity index (χ4v) is 1.62. The second kappa shape index (κ2) is 6.40. The lowest BCUT2D eigenvalue weighted by Crippen LogP contribution is -2.42. The molecule has 3 heteroatoms. The van der Waals surface area contributed by atoms with Gasteiger partial charge in [0.15, 0.2) is 0 Å². The topological polar surface area (TPSA) is 49.3 Å². The maximum Gasteiger partial charge on any atom is 0.227 e. The van der Waals surface area contributed by atoms with Crippen LogP contribution in [0.2, 0.25) is 0 Å². The number of benzene rings is 1. The van der Waals surface area contributed by atoms with E-state index in [4.69, 9.17) is 0 Å². The molecule has 0 aliphatic carbocycles. The minimum Gasteiger partial charge on any atom is -0.394 e. The largest absolute Gasteiger partial charge is 0.394 e. The zero-order chi connectivity index (χ0) is 12.8. The molecule has 0 radical (unpaired) electrons. The third-order valence-electron chi connectivity index (χ3n) is 3.02. The van der Waals surface area contributed by atoms with E-state index in [1.807, 2.05) is 51.1 Å². The predicted octanol–water partition coefficient (Wildman–Crippen LogP) is 1.92. The third kappa shape index (κ3) is 3.86. The van der Waals surface area contributed by atoms with E-state index in [1.54, 1.807) is 0 Å². The summed E-state index contributed by atoms with van der Waals surface area (Å²) in [6.07, 6.45) is 0. The van der Waals surface area contributed by atoms with Gasteiger partial charge in [0.1, 0.15) is 0 Å². The molecule has 1 amide bonds. The summed E-state index contributed by atoms with van der Waals surface area (Å²) in [7, 11) is 0. The number of rotatable bonds is 5. The standard InChI is InChI=1S/C14H21NO2/c1-10(2)13(9-16)15-14(17)11(3)12-7-5-4-6-8-12/h4-8,10-11,13,16H,9H2,1-3H3,(H,15,17). The van der Waals surface area contributed by atoms with Crippen LogP contribution < -0.4 is 5.32 Å². The summed E-state index contributed by atoms with van der Waals surface area (Å²) in [4.78, 5) is 12.0. The lowest BCUT2D eigenvalue weighted by atomic mass is 9.98. The average Bonchev–Trinajstić information content (AvgIpc) is 2.35. The van der Waals surface area contributed by atoms with E-state index in [9.17, 15) is 9.90 Å². The molecule has 2 N–H and O–H groups in total. The van der Waals surface area contributed by atoms with Crippen LogP contribution in [0, 0.1) is 5.92 Å². The Hall–Kier alpha value is -1.35. The highest BCUT2D eigenvalue weighted by atomic mass is 16.3. The van der Waals surface area contributed by atoms with Gasteiger partial charge in [0.2, 0.25) is 5.91 Å². The zero-order valence-corrected chi connectivity index (χ0v) is 10.7. The van der Waals surface area contributed by atoms with Crippen LogP contribution in [0.4, 0.5) is 0 Å². The number of hydrogen-bond donors (Lipinski definition) is 2. The van der Waals surface area contributed by atoms with Crippen LogP contribution in [0.15, 0.2) is 30.3 Å². The molecule has 0 aromatic heterocycles. The number of amides is 1. The summed E-state index contributed by atoms with van der Waals surface area (Å²) in [5.41, 5.74) is 0.991. The van der Waals surface area contributed by atoms with Crippen molar-refractivity contribution in [2.75, 3.05) is 6.61 Å². The Morgan fingerprint density at radius 3 is 2.29 bits per heavy atom. The van der Waals surface area contributed by atoms with Crippen molar-refractivity contribution in [2.45, 2.75) is 32.7 Å². The molecule has 0 spiro atoms. The van der Waals surface area contributed by atoms with Crippen molar-refractivity contribution in [1.82, 2.24) is 5.32 Å². The van der Waals surface area contributed by atoms with Crippen LogP contribution in [0.3, 0.4) is 0 Å². The molecule has 0 aliphatic rings. The lowest BCUT2D eigenvalue weighted by Gasteiger charge is -2.22. The zero-order valence-electron chi connectivity index (χ0n) is 10.7. The van der Waals surface area contributed by atoms with Gasteiger partial charge in [-0.25, -0.2) is 0 Å². The van der Waals surface area contributed by atoms with E-state index in [1.165, 1.54) is 0 Å². The number of aliphatic hydroxyl groups is 1. The molecule has 0 bridgehead atoms. The first-order valence-corrected chi connectivity index (χ1v) is 6.02. The Morgan fingerprint density at radius 1 is 1.24 bits per heavy atom. The van der Waals surface area contributed by atoms with Crippen molar-refractivity contribution in [2.24, 2.45) is 5.92 Å². The van der Waals surface area contributed by atoms with Gasteiger partial charge in [-0.05, 0) is 18.4 Å². The minimum absolute atomic E-state index is 0.0229. The normalized spacial score (nSPS) is 14.4. The Morgan fingerprint density at radius 2 is 1.82 bits per heavy atom. The van der Waals surface area contributed by atoms with Gasteiger partial charge in [0.25, 0.3) is 0 Å². The molecule has 2 atom stereocenters. The Bertz CT molecular complexity index is 348. The van der Waals surface area contributed by atoms with Crippen molar-refractivity contribution in [3.8, 4) is 0 Å². The second-order valence-corrected chi connectivity index (χ2v) is 4.67. The highest BCUT2D eigenvalue weighted by molar-refractivity contribution is 5.83. The molecular weight excluding hydrogens is 214 g/mol. The number of carbonyl (C=O) groups is 1. The van der Waals surface area contributed by atoms with Gasteiger partial charge >= 0.3 is 0 Å². The van der Waals surface area contributed by atoms with E-state index in [0.717, 1.165) is 5.56 Å². The quantitative estimate of drug-likeness (QED) is 0.819. The molecule has 0 fully saturated rings. The number of aliphatic hydroxyl groups excluding tert-OH is 1. The first kappa shape index (κ1) is 13.7. The van der Waals surface area contributed by atoms with Gasteiger partial charge < -0.3 is 10.4 Å². The number of hydrogen-bond acceptors (Lipinski definition) is 2. The van der Waals surface area contributed by atoms with Gasteiger partial charge in [-0.1, -0.05) is 44.2 Å². The minimum atomic E-state index is -0.191. The smallest absolute Gasteiger partial charge is 0.227 e. The highest BCUT2D eigenvalue weighted by Crippen LogP contribution is 2.15. The van der Waals surface area contributed by atoms with Crippen LogP contribution in [0.5, 0.6) is 0 Å². The summed E-state index contributed by atoms with van der Waals surface area (Å²) in [6, 6.07) is 9.48. The summed E-state index contributed by atoms with van der Waals surface area (Å²) in [5, 5.41) is 12.1. The first-order chi connectivity index (χ1) is 8.06. The third-order valence-corrected chi connectivity index (χ3v) is 3.02. The van der Waals surface area contributed by atoms with E-state index in [-0.39, 0.29) is 30.4 Å².